The molecule has 2 aromatic rings. The first-order valence-corrected chi connectivity index (χ1v) is 6.97. The Labute approximate surface area is 139 Å². The van der Waals surface area contributed by atoms with Crippen LogP contribution in [0.4, 0.5) is 0 Å². The highest BCUT2D eigenvalue weighted by atomic mass is 35.5. The highest BCUT2D eigenvalue weighted by Crippen LogP contribution is 2.36. The molecule has 3 rings (SSSR count). The van der Waals surface area contributed by atoms with Gasteiger partial charge in [0.05, 0.1) is 6.85 Å². The third-order valence-corrected chi connectivity index (χ3v) is 3.91. The minimum absolute atomic E-state index is 0. The number of hydrogen-bond acceptors (Lipinski definition) is 2. The summed E-state index contributed by atoms with van der Waals surface area (Å²) >= 11 is 0. The molecule has 2 nitrogen and oxygen atoms in total. The van der Waals surface area contributed by atoms with Crippen LogP contribution in [0.5, 0.6) is 0 Å². The third kappa shape index (κ3) is 3.13. The SMILES string of the molecule is Cl.[2H]c1c([2H])c([2H])c(C(O)(c2ccccc2)C2CCCCN2)c([2H])c1[2H]. The van der Waals surface area contributed by atoms with Crippen molar-refractivity contribution in [2.75, 3.05) is 6.54 Å². The van der Waals surface area contributed by atoms with E-state index in [9.17, 15) is 5.11 Å². The zero-order valence-corrected chi connectivity index (χ0v) is 12.5. The molecule has 2 atom stereocenters. The molecule has 0 aromatic heterocycles. The molecule has 1 fully saturated rings. The van der Waals surface area contributed by atoms with E-state index in [4.69, 9.17) is 6.85 Å². The van der Waals surface area contributed by atoms with Gasteiger partial charge in [-0.3, -0.25) is 0 Å². The van der Waals surface area contributed by atoms with Gasteiger partial charge in [0.1, 0.15) is 5.60 Å². The van der Waals surface area contributed by atoms with Crippen molar-refractivity contribution in [2.24, 2.45) is 0 Å². The van der Waals surface area contributed by atoms with Crippen molar-refractivity contribution in [1.82, 2.24) is 5.32 Å². The van der Waals surface area contributed by atoms with Crippen LogP contribution in [0.15, 0.2) is 60.5 Å². The second-order valence-corrected chi connectivity index (χ2v) is 5.13. The third-order valence-electron chi connectivity index (χ3n) is 3.91. The Bertz CT molecular complexity index is 754. The van der Waals surface area contributed by atoms with Crippen molar-refractivity contribution in [2.45, 2.75) is 30.9 Å². The number of halogens is 1. The minimum atomic E-state index is -1.70. The molecule has 0 radical (unpaired) electrons. The summed E-state index contributed by atoms with van der Waals surface area (Å²) in [5.74, 6) is 0. The number of piperidine rings is 1. The summed E-state index contributed by atoms with van der Waals surface area (Å²) in [7, 11) is 0. The molecular weight excluding hydrogens is 282 g/mol. The van der Waals surface area contributed by atoms with Crippen LogP contribution in [-0.4, -0.2) is 17.7 Å². The minimum Gasteiger partial charge on any atom is -0.379 e. The molecule has 1 aliphatic heterocycles. The standard InChI is InChI=1S/C18H21NO.ClH/c20-18(15-9-3-1-4-10-15,16-11-5-2-6-12-16)17-13-7-8-14-19-17;/h1-6,9-12,17,19-20H,7-8,13-14H2;1H/i1D,3D,4D,9D,10D;. The van der Waals surface area contributed by atoms with Gasteiger partial charge in [0.2, 0.25) is 0 Å². The van der Waals surface area contributed by atoms with Crippen molar-refractivity contribution < 1.29 is 12.0 Å². The summed E-state index contributed by atoms with van der Waals surface area (Å²) in [6, 6.07) is 6.39. The van der Waals surface area contributed by atoms with E-state index in [1.807, 2.05) is 6.07 Å². The van der Waals surface area contributed by atoms with Gasteiger partial charge in [-0.2, -0.15) is 0 Å². The Hall–Kier alpha value is -1.35. The second kappa shape index (κ2) is 7.08. The summed E-state index contributed by atoms with van der Waals surface area (Å²) in [4.78, 5) is 0. The van der Waals surface area contributed by atoms with Crippen LogP contribution < -0.4 is 5.32 Å². The largest absolute Gasteiger partial charge is 0.379 e. The summed E-state index contributed by atoms with van der Waals surface area (Å²) in [5.41, 5.74) is -1.24. The lowest BCUT2D eigenvalue weighted by Gasteiger charge is -2.40. The maximum absolute atomic E-state index is 11.7. The van der Waals surface area contributed by atoms with E-state index in [1.54, 1.807) is 24.3 Å². The van der Waals surface area contributed by atoms with Crippen molar-refractivity contribution in [3.8, 4) is 0 Å². The monoisotopic (exact) mass is 308 g/mol. The molecule has 0 amide bonds. The highest BCUT2D eigenvalue weighted by molar-refractivity contribution is 5.85. The highest BCUT2D eigenvalue weighted by Gasteiger charge is 2.40. The maximum atomic E-state index is 11.7. The number of rotatable bonds is 3. The summed E-state index contributed by atoms with van der Waals surface area (Å²) in [5, 5.41) is 15.0. The Morgan fingerprint density at radius 1 is 1.05 bits per heavy atom. The molecule has 1 heterocycles. The molecule has 1 aliphatic rings. The van der Waals surface area contributed by atoms with Gasteiger partial charge in [-0.05, 0) is 30.5 Å². The summed E-state index contributed by atoms with van der Waals surface area (Å²) < 4.78 is 40.3. The van der Waals surface area contributed by atoms with E-state index in [0.717, 1.165) is 19.4 Å². The average Bonchev–Trinajstić information content (AvgIpc) is 2.66. The normalized spacial score (nSPS) is 24.4. The Morgan fingerprint density at radius 2 is 1.76 bits per heavy atom. The molecule has 0 aliphatic carbocycles. The molecule has 0 saturated carbocycles. The van der Waals surface area contributed by atoms with Gasteiger partial charge in [0.15, 0.2) is 0 Å². The van der Waals surface area contributed by atoms with Crippen molar-refractivity contribution in [1.29, 1.82) is 0 Å². The first kappa shape index (κ1) is 10.4. The van der Waals surface area contributed by atoms with Crippen LogP contribution in [0.3, 0.4) is 0 Å². The van der Waals surface area contributed by atoms with Crippen LogP contribution in [0.2, 0.25) is 0 Å². The first-order chi connectivity index (χ1) is 11.9. The zero-order chi connectivity index (χ0) is 18.2. The lowest BCUT2D eigenvalue weighted by atomic mass is 9.77. The molecule has 0 bridgehead atoms. The molecule has 112 valence electrons. The van der Waals surface area contributed by atoms with Gasteiger partial charge in [0, 0.05) is 6.04 Å². The number of aliphatic hydroxyl groups is 1. The van der Waals surface area contributed by atoms with Crippen LogP contribution in [0, 0.1) is 0 Å². The molecule has 21 heavy (non-hydrogen) atoms. The molecule has 2 unspecified atom stereocenters. The lowest BCUT2D eigenvalue weighted by Crippen LogP contribution is -2.51. The van der Waals surface area contributed by atoms with E-state index < -0.39 is 29.8 Å². The summed E-state index contributed by atoms with van der Waals surface area (Å²) in [6.45, 7) is 0.721. The van der Waals surface area contributed by atoms with Crippen molar-refractivity contribution in [3.05, 3.63) is 71.7 Å². The summed E-state index contributed by atoms with van der Waals surface area (Å²) in [6.07, 6.45) is 2.56. The molecule has 1 saturated heterocycles. The fourth-order valence-corrected chi connectivity index (χ4v) is 2.86. The zero-order valence-electron chi connectivity index (χ0n) is 16.6. The Morgan fingerprint density at radius 3 is 2.38 bits per heavy atom. The number of hydrogen-bond donors (Lipinski definition) is 2. The maximum Gasteiger partial charge on any atom is 0.130 e. The Balaban J connectivity index is 0.00000243. The van der Waals surface area contributed by atoms with Gasteiger partial charge >= 0.3 is 0 Å². The first-order valence-electron chi connectivity index (χ1n) is 9.47. The molecule has 0 spiro atoms. The quantitative estimate of drug-likeness (QED) is 0.910. The smallest absolute Gasteiger partial charge is 0.130 e. The van der Waals surface area contributed by atoms with Crippen LogP contribution in [0.1, 0.15) is 37.2 Å². The van der Waals surface area contributed by atoms with Crippen molar-refractivity contribution in [3.63, 3.8) is 0 Å². The van der Waals surface area contributed by atoms with Gasteiger partial charge in [-0.15, -0.1) is 12.4 Å². The lowest BCUT2D eigenvalue weighted by molar-refractivity contribution is 0.0268. The van der Waals surface area contributed by atoms with Crippen molar-refractivity contribution >= 4 is 12.4 Å². The fourth-order valence-electron chi connectivity index (χ4n) is 2.86. The fraction of sp³-hybridized carbons (Fsp3) is 0.333. The van der Waals surface area contributed by atoms with Gasteiger partial charge < -0.3 is 10.4 Å². The van der Waals surface area contributed by atoms with E-state index in [-0.39, 0.29) is 30.1 Å². The van der Waals surface area contributed by atoms with Crippen LogP contribution in [0.25, 0.3) is 0 Å². The van der Waals surface area contributed by atoms with Gasteiger partial charge in [-0.25, -0.2) is 0 Å². The topological polar surface area (TPSA) is 32.3 Å². The predicted molar refractivity (Wildman–Crippen MR) is 88.8 cm³/mol. The molecule has 2 N–H and O–H groups in total. The van der Waals surface area contributed by atoms with E-state index in [0.29, 0.717) is 12.0 Å². The van der Waals surface area contributed by atoms with Crippen LogP contribution >= 0.6 is 12.4 Å². The van der Waals surface area contributed by atoms with E-state index in [1.165, 1.54) is 0 Å². The molecule has 2 aromatic carbocycles. The molecule has 3 heteroatoms. The average molecular weight is 309 g/mol. The number of benzene rings is 2. The molecular formula is C18H22ClNO. The van der Waals surface area contributed by atoms with E-state index in [2.05, 4.69) is 5.32 Å². The Kier molecular flexibility index (Phi) is 3.50. The number of nitrogens with one attached hydrogen (secondary N) is 1. The predicted octanol–water partition coefficient (Wildman–Crippen LogP) is 3.49. The van der Waals surface area contributed by atoms with E-state index >= 15 is 0 Å². The van der Waals surface area contributed by atoms with Gasteiger partial charge in [0.25, 0.3) is 0 Å². The van der Waals surface area contributed by atoms with Crippen LogP contribution in [-0.2, 0) is 5.60 Å². The van der Waals surface area contributed by atoms with Gasteiger partial charge in [-0.1, -0.05) is 67.0 Å². The second-order valence-electron chi connectivity index (χ2n) is 5.13.